The Kier molecular flexibility index (Phi) is 5.84. The molecule has 3 atom stereocenters. The number of aromatic nitrogens is 5. The number of amides is 1. The predicted octanol–water partition coefficient (Wildman–Crippen LogP) is 4.98. The van der Waals surface area contributed by atoms with Crippen molar-refractivity contribution in [2.24, 2.45) is 17.6 Å². The first kappa shape index (κ1) is 26.3. The molecule has 43 heavy (non-hydrogen) atoms. The van der Waals surface area contributed by atoms with Gasteiger partial charge >= 0.3 is 0 Å². The van der Waals surface area contributed by atoms with Gasteiger partial charge in [-0.1, -0.05) is 0 Å². The number of rotatable bonds is 6. The first-order valence-corrected chi connectivity index (χ1v) is 14.8. The lowest BCUT2D eigenvalue weighted by Gasteiger charge is -2.27. The normalized spacial score (nSPS) is 21.4. The number of hydrogen-bond acceptors (Lipinski definition) is 6. The quantitative estimate of drug-likeness (QED) is 0.303. The Morgan fingerprint density at radius 2 is 1.95 bits per heavy atom. The standard InChI is InChI=1S/C32H31F2N7O2/c1-16-29(38-41-15-20(9-22(33)30(16)41)32(42)40-14-19-6-8-25(40)28(19)35)26-10-18-5-7-24(21-11-27(43-2)36-12-23(21)34)37-31(18)39(26)13-17-3-4-17/h5,7,9-12,15,17,19,25,28H,3-4,6,8,13-14,35H2,1-2H3/t19?,25-,28-/m1/s1. The summed E-state index contributed by atoms with van der Waals surface area (Å²) in [6.45, 7) is 3.17. The first-order valence-electron chi connectivity index (χ1n) is 14.8. The smallest absolute Gasteiger partial charge is 0.255 e. The zero-order valence-corrected chi connectivity index (χ0v) is 23.9. The monoisotopic (exact) mass is 583 g/mol. The van der Waals surface area contributed by atoms with Gasteiger partial charge in [0.15, 0.2) is 5.82 Å². The zero-order valence-electron chi connectivity index (χ0n) is 23.9. The Hall–Kier alpha value is -4.38. The van der Waals surface area contributed by atoms with Crippen molar-refractivity contribution in [2.75, 3.05) is 13.7 Å². The molecule has 5 aromatic heterocycles. The van der Waals surface area contributed by atoms with Gasteiger partial charge in [0.05, 0.1) is 30.3 Å². The minimum atomic E-state index is -0.497. The molecule has 2 aliphatic carbocycles. The molecule has 2 saturated carbocycles. The largest absolute Gasteiger partial charge is 0.481 e. The third-order valence-corrected chi connectivity index (χ3v) is 9.52. The Morgan fingerprint density at radius 1 is 1.12 bits per heavy atom. The van der Waals surface area contributed by atoms with E-state index in [-0.39, 0.29) is 23.6 Å². The molecule has 1 unspecified atom stereocenters. The maximum atomic E-state index is 15.7. The summed E-state index contributed by atoms with van der Waals surface area (Å²) in [7, 11) is 1.48. The molecule has 11 heteroatoms. The van der Waals surface area contributed by atoms with Crippen LogP contribution >= 0.6 is 0 Å². The number of fused-ring (bicyclic) bond motifs is 4. The van der Waals surface area contributed by atoms with Crippen molar-refractivity contribution in [1.82, 2.24) is 29.0 Å². The molecule has 6 heterocycles. The van der Waals surface area contributed by atoms with E-state index < -0.39 is 11.6 Å². The van der Waals surface area contributed by atoms with Crippen molar-refractivity contribution in [3.63, 3.8) is 0 Å². The highest BCUT2D eigenvalue weighted by atomic mass is 19.1. The highest BCUT2D eigenvalue weighted by molar-refractivity contribution is 5.95. The minimum absolute atomic E-state index is 0.00316. The van der Waals surface area contributed by atoms with Gasteiger partial charge in [-0.15, -0.1) is 0 Å². The number of carbonyl (C=O) groups is 1. The number of likely N-dealkylation sites (tertiary alicyclic amines) is 1. The molecule has 2 bridgehead atoms. The van der Waals surface area contributed by atoms with E-state index in [2.05, 4.69) is 9.55 Å². The summed E-state index contributed by atoms with van der Waals surface area (Å²) < 4.78 is 39.3. The molecule has 3 fully saturated rings. The van der Waals surface area contributed by atoms with Gasteiger partial charge in [-0.3, -0.25) is 4.79 Å². The fraction of sp³-hybridized carbons (Fsp3) is 0.375. The van der Waals surface area contributed by atoms with E-state index in [1.165, 1.54) is 23.8 Å². The Labute approximate surface area is 246 Å². The summed E-state index contributed by atoms with van der Waals surface area (Å²) in [5.74, 6) is -0.0962. The second kappa shape index (κ2) is 9.57. The van der Waals surface area contributed by atoms with Crippen LogP contribution in [0.25, 0.3) is 39.2 Å². The van der Waals surface area contributed by atoms with Crippen molar-refractivity contribution in [3.05, 3.63) is 65.5 Å². The number of nitrogens with zero attached hydrogens (tertiary/aromatic N) is 6. The lowest BCUT2D eigenvalue weighted by atomic mass is 10.1. The van der Waals surface area contributed by atoms with Gasteiger partial charge in [0, 0.05) is 53.9 Å². The van der Waals surface area contributed by atoms with Gasteiger partial charge in [-0.05, 0) is 68.7 Å². The SMILES string of the molecule is COc1cc(-c2ccc3cc(-c4nn5cc(C(=O)N6CC7CC[C@@H]6[C@@H]7N)cc(F)c5c4C)n(CC4CC4)c3n2)c(F)cn1. The summed E-state index contributed by atoms with van der Waals surface area (Å²) in [4.78, 5) is 24.1. The number of nitrogens with two attached hydrogens (primary N) is 1. The van der Waals surface area contributed by atoms with Crippen LogP contribution in [-0.4, -0.2) is 60.7 Å². The molecule has 9 nitrogen and oxygen atoms in total. The number of aryl methyl sites for hydroxylation is 1. The minimum Gasteiger partial charge on any atom is -0.481 e. The second-order valence-corrected chi connectivity index (χ2v) is 12.2. The number of carbonyl (C=O) groups excluding carboxylic acids is 1. The van der Waals surface area contributed by atoms with E-state index in [4.69, 9.17) is 20.6 Å². The van der Waals surface area contributed by atoms with E-state index >= 15 is 4.39 Å². The Morgan fingerprint density at radius 3 is 2.67 bits per heavy atom. The number of pyridine rings is 3. The van der Waals surface area contributed by atoms with Gasteiger partial charge in [0.2, 0.25) is 5.88 Å². The van der Waals surface area contributed by atoms with Crippen LogP contribution < -0.4 is 10.5 Å². The molecule has 2 N–H and O–H groups in total. The lowest BCUT2D eigenvalue weighted by Crippen LogP contribution is -2.41. The molecule has 8 rings (SSSR count). The lowest BCUT2D eigenvalue weighted by molar-refractivity contribution is 0.0699. The van der Waals surface area contributed by atoms with Crippen molar-refractivity contribution >= 4 is 22.5 Å². The third-order valence-electron chi connectivity index (χ3n) is 9.52. The summed E-state index contributed by atoms with van der Waals surface area (Å²) in [5, 5.41) is 5.69. The Bertz CT molecular complexity index is 1950. The number of piperidine rings is 1. The highest BCUT2D eigenvalue weighted by Gasteiger charge is 2.47. The molecule has 1 aliphatic heterocycles. The van der Waals surface area contributed by atoms with Crippen LogP contribution in [0.15, 0.2) is 42.7 Å². The van der Waals surface area contributed by atoms with Gasteiger partial charge in [-0.2, -0.15) is 5.10 Å². The highest BCUT2D eigenvalue weighted by Crippen LogP contribution is 2.39. The third kappa shape index (κ3) is 4.12. The molecule has 0 aromatic carbocycles. The number of halogens is 2. The summed E-state index contributed by atoms with van der Waals surface area (Å²) in [5.41, 5.74) is 10.5. The van der Waals surface area contributed by atoms with Gasteiger partial charge in [0.1, 0.15) is 22.7 Å². The van der Waals surface area contributed by atoms with E-state index in [0.29, 0.717) is 64.5 Å². The molecule has 3 aliphatic rings. The van der Waals surface area contributed by atoms with Crippen molar-refractivity contribution in [3.8, 4) is 28.5 Å². The van der Waals surface area contributed by atoms with Crippen molar-refractivity contribution < 1.29 is 18.3 Å². The average molecular weight is 584 g/mol. The van der Waals surface area contributed by atoms with Crippen molar-refractivity contribution in [2.45, 2.75) is 51.2 Å². The summed E-state index contributed by atoms with van der Waals surface area (Å²) in [6, 6.07) is 8.52. The summed E-state index contributed by atoms with van der Waals surface area (Å²) in [6.07, 6.45) is 6.89. The van der Waals surface area contributed by atoms with Crippen LogP contribution in [0.5, 0.6) is 5.88 Å². The van der Waals surface area contributed by atoms with E-state index in [9.17, 15) is 9.18 Å². The van der Waals surface area contributed by atoms with Crippen LogP contribution in [0.4, 0.5) is 8.78 Å². The van der Waals surface area contributed by atoms with Crippen LogP contribution in [-0.2, 0) is 6.54 Å². The average Bonchev–Trinajstić information content (AvgIpc) is 3.40. The van der Waals surface area contributed by atoms with Crippen molar-refractivity contribution in [1.29, 1.82) is 0 Å². The van der Waals surface area contributed by atoms with Gasteiger partial charge in [0.25, 0.3) is 5.91 Å². The van der Waals surface area contributed by atoms with E-state index in [0.717, 1.165) is 43.0 Å². The molecule has 5 aromatic rings. The number of methoxy groups -OCH3 is 1. The number of hydrogen-bond donors (Lipinski definition) is 1. The molecular formula is C32H31F2N7O2. The van der Waals surface area contributed by atoms with Gasteiger partial charge in [-0.25, -0.2) is 23.3 Å². The number of ether oxygens (including phenoxy) is 1. The molecule has 1 amide bonds. The van der Waals surface area contributed by atoms with Crippen LogP contribution in [0.2, 0.25) is 0 Å². The fourth-order valence-corrected chi connectivity index (χ4v) is 7.03. The second-order valence-electron chi connectivity index (χ2n) is 12.2. The van der Waals surface area contributed by atoms with Crippen LogP contribution in [0, 0.1) is 30.4 Å². The predicted molar refractivity (Wildman–Crippen MR) is 157 cm³/mol. The zero-order chi connectivity index (χ0) is 29.6. The molecule has 0 spiro atoms. The fourth-order valence-electron chi connectivity index (χ4n) is 7.03. The Balaban J connectivity index is 1.23. The molecule has 1 saturated heterocycles. The topological polar surface area (TPSA) is 104 Å². The van der Waals surface area contributed by atoms with E-state index in [1.54, 1.807) is 17.2 Å². The van der Waals surface area contributed by atoms with E-state index in [1.807, 2.05) is 19.1 Å². The molecule has 220 valence electrons. The summed E-state index contributed by atoms with van der Waals surface area (Å²) >= 11 is 0. The van der Waals surface area contributed by atoms with Gasteiger partial charge < -0.3 is 19.9 Å². The van der Waals surface area contributed by atoms with Crippen LogP contribution in [0.3, 0.4) is 0 Å². The van der Waals surface area contributed by atoms with Crippen LogP contribution in [0.1, 0.15) is 41.6 Å². The molecule has 0 radical (unpaired) electrons. The first-order chi connectivity index (χ1) is 20.8. The maximum absolute atomic E-state index is 15.7. The molecular weight excluding hydrogens is 552 g/mol. The maximum Gasteiger partial charge on any atom is 0.255 e.